The van der Waals surface area contributed by atoms with E-state index in [1.807, 2.05) is 6.07 Å². The van der Waals surface area contributed by atoms with Crippen molar-refractivity contribution in [1.82, 2.24) is 14.9 Å². The third-order valence-electron chi connectivity index (χ3n) is 8.01. The van der Waals surface area contributed by atoms with Crippen molar-refractivity contribution in [2.24, 2.45) is 0 Å². The van der Waals surface area contributed by atoms with E-state index in [-0.39, 0.29) is 50.2 Å². The minimum absolute atomic E-state index is 0.0333. The Morgan fingerprint density at radius 1 is 1.00 bits per heavy atom. The Labute approximate surface area is 293 Å². The standard InChI is InChI=1S/C32H38Cl2N8O7/c1-32(2,3)49-31(44)41(29-27(33)23(47-5)16-24(48-6)28(29)34)30(43)38(4)26-17-25(35-18-36-26)37-21-10-9-20(15-22(21)42(45)46)40-13-11-39(12-14-40)19-7-8-19/h9-10,15-19H,7-8,11-14H2,1-6H3,(H,35,36,37). The van der Waals surface area contributed by atoms with E-state index in [1.54, 1.807) is 32.9 Å². The van der Waals surface area contributed by atoms with Crippen LogP contribution in [-0.2, 0) is 4.74 Å². The normalized spacial score (nSPS) is 15.0. The van der Waals surface area contributed by atoms with Crippen LogP contribution in [-0.4, -0.2) is 91.0 Å². The summed E-state index contributed by atoms with van der Waals surface area (Å²) in [6.45, 7) is 8.32. The second-order valence-corrected chi connectivity index (χ2v) is 13.3. The summed E-state index contributed by atoms with van der Waals surface area (Å²) < 4.78 is 16.2. The van der Waals surface area contributed by atoms with Gasteiger partial charge in [0.2, 0.25) is 0 Å². The van der Waals surface area contributed by atoms with E-state index < -0.39 is 22.6 Å². The number of halogens is 2. The predicted octanol–water partition coefficient (Wildman–Crippen LogP) is 6.73. The summed E-state index contributed by atoms with van der Waals surface area (Å²) in [6, 6.07) is 7.54. The number of carbonyl (C=O) groups excluding carboxylic acids is 2. The highest BCUT2D eigenvalue weighted by molar-refractivity contribution is 6.43. The number of methoxy groups -OCH3 is 2. The Kier molecular flexibility index (Phi) is 10.6. The molecule has 49 heavy (non-hydrogen) atoms. The molecule has 17 heteroatoms. The van der Waals surface area contributed by atoms with Crippen LogP contribution >= 0.6 is 23.2 Å². The van der Waals surface area contributed by atoms with Crippen LogP contribution < -0.4 is 29.5 Å². The molecule has 1 N–H and O–H groups in total. The summed E-state index contributed by atoms with van der Waals surface area (Å²) in [4.78, 5) is 54.1. The van der Waals surface area contributed by atoms with Crippen LogP contribution in [0.5, 0.6) is 11.5 Å². The molecule has 2 fully saturated rings. The maximum atomic E-state index is 14.1. The fourth-order valence-electron chi connectivity index (χ4n) is 5.38. The maximum Gasteiger partial charge on any atom is 0.423 e. The lowest BCUT2D eigenvalue weighted by Crippen LogP contribution is -2.47. The van der Waals surface area contributed by atoms with E-state index in [0.717, 1.165) is 36.8 Å². The first-order valence-corrected chi connectivity index (χ1v) is 16.2. The summed E-state index contributed by atoms with van der Waals surface area (Å²) in [7, 11) is 4.08. The zero-order valence-electron chi connectivity index (χ0n) is 28.0. The van der Waals surface area contributed by atoms with Gasteiger partial charge in [-0.2, -0.15) is 4.90 Å². The molecule has 0 spiro atoms. The van der Waals surface area contributed by atoms with Gasteiger partial charge in [0.05, 0.1) is 19.1 Å². The second-order valence-electron chi connectivity index (χ2n) is 12.5. The number of hydrogen-bond donors (Lipinski definition) is 1. The molecule has 15 nitrogen and oxygen atoms in total. The van der Waals surface area contributed by atoms with Crippen molar-refractivity contribution < 1.29 is 28.7 Å². The summed E-state index contributed by atoms with van der Waals surface area (Å²) in [6.07, 6.45) is 2.57. The summed E-state index contributed by atoms with van der Waals surface area (Å²) in [5.74, 6) is 0.361. The summed E-state index contributed by atoms with van der Waals surface area (Å²) >= 11 is 13.2. The van der Waals surface area contributed by atoms with Crippen LogP contribution in [0.15, 0.2) is 36.7 Å². The quantitative estimate of drug-likeness (QED) is 0.184. The lowest BCUT2D eigenvalue weighted by molar-refractivity contribution is -0.383. The minimum atomic E-state index is -1.08. The Morgan fingerprint density at radius 3 is 2.18 bits per heavy atom. The van der Waals surface area contributed by atoms with Gasteiger partial charge in [-0.3, -0.25) is 19.9 Å². The number of nitrogens with one attached hydrogen (secondary N) is 1. The molecular formula is C32H38Cl2N8O7. The fraction of sp³-hybridized carbons (Fsp3) is 0.438. The van der Waals surface area contributed by atoms with E-state index in [9.17, 15) is 19.7 Å². The van der Waals surface area contributed by atoms with Gasteiger partial charge in [-0.1, -0.05) is 23.2 Å². The van der Waals surface area contributed by atoms with E-state index >= 15 is 0 Å². The smallest absolute Gasteiger partial charge is 0.423 e. The number of ether oxygens (including phenoxy) is 3. The number of rotatable bonds is 9. The average Bonchev–Trinajstić information content (AvgIpc) is 3.91. The lowest BCUT2D eigenvalue weighted by atomic mass is 10.2. The topological polar surface area (TPSA) is 156 Å². The number of benzene rings is 2. The molecule has 0 bridgehead atoms. The number of nitro benzene ring substituents is 1. The minimum Gasteiger partial charge on any atom is -0.495 e. The molecule has 2 heterocycles. The van der Waals surface area contributed by atoms with Crippen LogP contribution in [0.1, 0.15) is 33.6 Å². The van der Waals surface area contributed by atoms with Gasteiger partial charge in [0.15, 0.2) is 0 Å². The van der Waals surface area contributed by atoms with Crippen LogP contribution in [0.3, 0.4) is 0 Å². The van der Waals surface area contributed by atoms with Crippen molar-refractivity contribution in [3.05, 3.63) is 56.8 Å². The van der Waals surface area contributed by atoms with Crippen LogP contribution in [0, 0.1) is 10.1 Å². The van der Waals surface area contributed by atoms with Crippen LogP contribution in [0.25, 0.3) is 0 Å². The molecule has 0 atom stereocenters. The highest BCUT2D eigenvalue weighted by Gasteiger charge is 2.37. The molecule has 0 unspecified atom stereocenters. The molecule has 1 aliphatic heterocycles. The average molecular weight is 718 g/mol. The maximum absolute atomic E-state index is 14.1. The number of imide groups is 1. The molecule has 1 aliphatic carbocycles. The molecule has 5 rings (SSSR count). The van der Waals surface area contributed by atoms with Crippen LogP contribution in [0.2, 0.25) is 10.0 Å². The molecule has 1 saturated heterocycles. The molecule has 1 aromatic heterocycles. The number of hydrogen-bond acceptors (Lipinski definition) is 12. The SMILES string of the molecule is COc1cc(OC)c(Cl)c(N(C(=O)OC(C)(C)C)C(=O)N(C)c2cc(Nc3ccc(N4CCN(C5CC5)CC4)cc3[N+](=O)[O-])ncn2)c1Cl. The van der Waals surface area contributed by atoms with E-state index in [0.29, 0.717) is 10.9 Å². The molecule has 2 aromatic carbocycles. The lowest BCUT2D eigenvalue weighted by Gasteiger charge is -2.36. The van der Waals surface area contributed by atoms with Gasteiger partial charge in [-0.05, 0) is 45.7 Å². The van der Waals surface area contributed by atoms with E-state index in [1.165, 1.54) is 52.6 Å². The van der Waals surface area contributed by atoms with Gasteiger partial charge in [-0.15, -0.1) is 0 Å². The van der Waals surface area contributed by atoms with Gasteiger partial charge in [0.25, 0.3) is 5.69 Å². The van der Waals surface area contributed by atoms with Gasteiger partial charge < -0.3 is 24.4 Å². The molecule has 1 saturated carbocycles. The van der Waals surface area contributed by atoms with Crippen molar-refractivity contribution in [2.75, 3.05) is 67.5 Å². The van der Waals surface area contributed by atoms with Gasteiger partial charge in [-0.25, -0.2) is 19.6 Å². The zero-order valence-corrected chi connectivity index (χ0v) is 29.5. The van der Waals surface area contributed by atoms with Gasteiger partial charge in [0, 0.05) is 63.2 Å². The highest BCUT2D eigenvalue weighted by atomic mass is 35.5. The number of piperazine rings is 1. The summed E-state index contributed by atoms with van der Waals surface area (Å²) in [5.41, 5.74) is -0.421. The number of carbonyl (C=O) groups is 2. The number of urea groups is 1. The molecule has 262 valence electrons. The molecular weight excluding hydrogens is 679 g/mol. The largest absolute Gasteiger partial charge is 0.495 e. The van der Waals surface area contributed by atoms with Gasteiger partial charge in [0.1, 0.15) is 56.5 Å². The Bertz CT molecular complexity index is 1710. The number of nitro groups is 1. The Hall–Kier alpha value is -4.60. The monoisotopic (exact) mass is 716 g/mol. The third-order valence-corrected chi connectivity index (χ3v) is 8.74. The Balaban J connectivity index is 1.42. The number of amides is 3. The first-order valence-electron chi connectivity index (χ1n) is 15.5. The van der Waals surface area contributed by atoms with E-state index in [2.05, 4.69) is 25.1 Å². The highest BCUT2D eigenvalue weighted by Crippen LogP contribution is 2.47. The second kappa shape index (κ2) is 14.5. The van der Waals surface area contributed by atoms with Crippen molar-refractivity contribution in [3.8, 4) is 11.5 Å². The molecule has 3 aromatic rings. The molecule has 3 amide bonds. The van der Waals surface area contributed by atoms with Gasteiger partial charge >= 0.3 is 12.1 Å². The number of nitrogens with zero attached hydrogens (tertiary/aromatic N) is 7. The predicted molar refractivity (Wildman–Crippen MR) is 187 cm³/mol. The van der Waals surface area contributed by atoms with Crippen molar-refractivity contribution >= 4 is 69.7 Å². The van der Waals surface area contributed by atoms with Crippen LogP contribution in [0.4, 0.5) is 44.0 Å². The summed E-state index contributed by atoms with van der Waals surface area (Å²) in [5, 5.41) is 14.8. The fourth-order valence-corrected chi connectivity index (χ4v) is 6.05. The number of aromatic nitrogens is 2. The molecule has 2 aliphatic rings. The van der Waals surface area contributed by atoms with Crippen molar-refractivity contribution in [3.63, 3.8) is 0 Å². The number of anilines is 5. The van der Waals surface area contributed by atoms with E-state index in [4.69, 9.17) is 37.4 Å². The Morgan fingerprint density at radius 2 is 1.63 bits per heavy atom. The van der Waals surface area contributed by atoms with Crippen molar-refractivity contribution in [2.45, 2.75) is 45.3 Å². The zero-order chi connectivity index (χ0) is 35.6. The first kappa shape index (κ1) is 35.7. The van der Waals surface area contributed by atoms with Crippen molar-refractivity contribution in [1.29, 1.82) is 0 Å². The third kappa shape index (κ3) is 8.00. The first-order chi connectivity index (χ1) is 23.2. The molecule has 0 radical (unpaired) electrons.